The van der Waals surface area contributed by atoms with Gasteiger partial charge in [-0.25, -0.2) is 14.0 Å². The fourth-order valence-electron chi connectivity index (χ4n) is 4.27. The minimum atomic E-state index is -0.567. The fourth-order valence-corrected chi connectivity index (χ4v) is 5.17. The third-order valence-corrected chi connectivity index (χ3v) is 7.76. The van der Waals surface area contributed by atoms with Crippen molar-refractivity contribution in [1.29, 1.82) is 0 Å². The van der Waals surface area contributed by atoms with Crippen LogP contribution in [0.1, 0.15) is 0 Å². The van der Waals surface area contributed by atoms with E-state index in [9.17, 15) is 14.0 Å². The molecule has 4 aromatic carbocycles. The molecule has 14 heteroatoms. The predicted octanol–water partition coefficient (Wildman–Crippen LogP) is 9.57. The van der Waals surface area contributed by atoms with Crippen molar-refractivity contribution in [2.75, 3.05) is 43.7 Å². The summed E-state index contributed by atoms with van der Waals surface area (Å²) in [6.45, 7) is 7.51. The number of esters is 2. The molecule has 12 nitrogen and oxygen atoms in total. The average molecular weight is 709 g/mol. The maximum Gasteiger partial charge on any atom is 0.330 e. The lowest BCUT2D eigenvalue weighted by atomic mass is 10.2. The van der Waals surface area contributed by atoms with Gasteiger partial charge in [-0.05, 0) is 90.3 Å². The molecule has 260 valence electrons. The zero-order valence-electron chi connectivity index (χ0n) is 27.3. The Balaban J connectivity index is 1.04. The van der Waals surface area contributed by atoms with E-state index >= 15 is 0 Å². The zero-order valence-corrected chi connectivity index (χ0v) is 28.1. The van der Waals surface area contributed by atoms with Gasteiger partial charge in [-0.3, -0.25) is 0 Å². The second-order valence-electron chi connectivity index (χ2n) is 10.4. The van der Waals surface area contributed by atoms with E-state index in [1.165, 1.54) is 17.4 Å². The van der Waals surface area contributed by atoms with Gasteiger partial charge in [-0.1, -0.05) is 13.2 Å². The first-order chi connectivity index (χ1) is 24.9. The van der Waals surface area contributed by atoms with Gasteiger partial charge in [-0.15, -0.1) is 21.6 Å². The second kappa shape index (κ2) is 18.4. The number of rotatable bonds is 18. The van der Waals surface area contributed by atoms with Gasteiger partial charge in [0.2, 0.25) is 0 Å². The van der Waals surface area contributed by atoms with E-state index in [1.54, 1.807) is 36.4 Å². The lowest BCUT2D eigenvalue weighted by Crippen LogP contribution is -2.11. The van der Waals surface area contributed by atoms with Crippen LogP contribution in [0.4, 0.5) is 37.8 Å². The van der Waals surface area contributed by atoms with Gasteiger partial charge in [-0.2, -0.15) is 10.2 Å². The monoisotopic (exact) mass is 708 g/mol. The number of nitrogens with one attached hydrogen (secondary N) is 2. The Kier molecular flexibility index (Phi) is 12.9. The number of nitrogens with zero attached hydrogens (tertiary/aromatic N) is 4. The van der Waals surface area contributed by atoms with Gasteiger partial charge in [0.05, 0.1) is 23.7 Å². The number of fused-ring (bicyclic) bond motifs is 1. The summed E-state index contributed by atoms with van der Waals surface area (Å²) in [5.74, 6) is -0.884. The first kappa shape index (κ1) is 35.9. The Bertz CT molecular complexity index is 2010. The van der Waals surface area contributed by atoms with Crippen LogP contribution in [0.15, 0.2) is 137 Å². The lowest BCUT2D eigenvalue weighted by Gasteiger charge is -2.09. The van der Waals surface area contributed by atoms with Crippen molar-refractivity contribution in [1.82, 2.24) is 0 Å². The SMILES string of the molecule is C=CC(=O)OCCOc1ccc(N=Nc2ccc(NCNc3ccc(N=Nc4cc5cc(F)c(OCCOC(=O)C=C)cc5s4)cc3)cc2)cc1. The molecule has 0 saturated heterocycles. The molecule has 0 unspecified atom stereocenters. The summed E-state index contributed by atoms with van der Waals surface area (Å²) in [6.07, 6.45) is 2.16. The van der Waals surface area contributed by atoms with E-state index in [2.05, 4.69) is 44.2 Å². The van der Waals surface area contributed by atoms with Crippen LogP contribution >= 0.6 is 11.3 Å². The number of halogens is 1. The van der Waals surface area contributed by atoms with E-state index in [0.717, 1.165) is 28.2 Å². The highest BCUT2D eigenvalue weighted by molar-refractivity contribution is 7.22. The molecule has 0 aliphatic rings. The van der Waals surface area contributed by atoms with Crippen molar-refractivity contribution in [2.45, 2.75) is 0 Å². The second-order valence-corrected chi connectivity index (χ2v) is 11.4. The highest BCUT2D eigenvalue weighted by Crippen LogP contribution is 2.36. The molecule has 0 fully saturated rings. The summed E-state index contributed by atoms with van der Waals surface area (Å²) in [6, 6.07) is 26.8. The molecule has 0 radical (unpaired) electrons. The summed E-state index contributed by atoms with van der Waals surface area (Å²) in [5.41, 5.74) is 3.82. The van der Waals surface area contributed by atoms with Crippen LogP contribution < -0.4 is 20.1 Å². The number of benzene rings is 4. The van der Waals surface area contributed by atoms with E-state index < -0.39 is 17.8 Å². The smallest absolute Gasteiger partial charge is 0.330 e. The van der Waals surface area contributed by atoms with Gasteiger partial charge in [0.1, 0.15) is 37.2 Å². The number of carbonyl (C=O) groups excluding carboxylic acids is 2. The standard InChI is InChI=1S/C37H33FN6O6S/c1-3-36(45)49-19-17-47-31-15-13-30(14-16-31)42-41-28-9-5-26(6-10-28)39-24-40-27-7-11-29(12-8-27)43-44-35-22-25-21-32(38)33(23-34(25)51-35)48-18-20-50-37(46)4-2/h3-16,21-23,39-40H,1-2,17-20,24H2. The molecule has 0 atom stereocenters. The van der Waals surface area contributed by atoms with Crippen LogP contribution in [0.3, 0.4) is 0 Å². The molecule has 51 heavy (non-hydrogen) atoms. The number of azo groups is 2. The van der Waals surface area contributed by atoms with Crippen molar-refractivity contribution in [3.63, 3.8) is 0 Å². The quantitative estimate of drug-likeness (QED) is 0.0301. The number of thiophene rings is 1. The topological polar surface area (TPSA) is 145 Å². The molecule has 5 rings (SSSR count). The molecule has 5 aromatic rings. The van der Waals surface area contributed by atoms with Crippen LogP contribution in [0.5, 0.6) is 11.5 Å². The van der Waals surface area contributed by atoms with E-state index in [4.69, 9.17) is 18.9 Å². The number of hydrogen-bond donors (Lipinski definition) is 2. The van der Waals surface area contributed by atoms with E-state index in [-0.39, 0.29) is 32.2 Å². The summed E-state index contributed by atoms with van der Waals surface area (Å²) >= 11 is 1.35. The minimum absolute atomic E-state index is 0.0129. The first-order valence-electron chi connectivity index (χ1n) is 15.6. The molecule has 0 spiro atoms. The van der Waals surface area contributed by atoms with Crippen molar-refractivity contribution in [3.8, 4) is 11.5 Å². The van der Waals surface area contributed by atoms with E-state index in [1.807, 2.05) is 48.5 Å². The Morgan fingerprint density at radius 1 is 0.667 bits per heavy atom. The van der Waals surface area contributed by atoms with Gasteiger partial charge in [0.15, 0.2) is 11.6 Å². The Labute approximate surface area is 296 Å². The Morgan fingerprint density at radius 3 is 1.73 bits per heavy atom. The van der Waals surface area contributed by atoms with Gasteiger partial charge < -0.3 is 29.6 Å². The molecular weight excluding hydrogens is 676 g/mol. The average Bonchev–Trinajstić information content (AvgIpc) is 3.56. The van der Waals surface area contributed by atoms with Gasteiger partial charge in [0.25, 0.3) is 0 Å². The van der Waals surface area contributed by atoms with Gasteiger partial charge >= 0.3 is 11.9 Å². The third-order valence-electron chi connectivity index (χ3n) is 6.77. The minimum Gasteiger partial charge on any atom is -0.490 e. The summed E-state index contributed by atoms with van der Waals surface area (Å²) in [4.78, 5) is 22.2. The predicted molar refractivity (Wildman–Crippen MR) is 195 cm³/mol. The van der Waals surface area contributed by atoms with Crippen molar-refractivity contribution in [3.05, 3.63) is 122 Å². The van der Waals surface area contributed by atoms with Crippen LogP contribution in [-0.4, -0.2) is 45.0 Å². The van der Waals surface area contributed by atoms with Crippen molar-refractivity contribution >= 4 is 66.8 Å². The summed E-state index contributed by atoms with van der Waals surface area (Å²) in [5, 5.41) is 25.1. The molecule has 0 bridgehead atoms. The van der Waals surface area contributed by atoms with Crippen LogP contribution in [-0.2, 0) is 19.1 Å². The fraction of sp³-hybridized carbons (Fsp3) is 0.135. The molecular formula is C37H33FN6O6S. The Morgan fingerprint density at radius 2 is 1.18 bits per heavy atom. The molecule has 0 aliphatic heterocycles. The highest BCUT2D eigenvalue weighted by atomic mass is 32.1. The van der Waals surface area contributed by atoms with Crippen LogP contribution in [0, 0.1) is 5.82 Å². The lowest BCUT2D eigenvalue weighted by molar-refractivity contribution is -0.139. The van der Waals surface area contributed by atoms with Crippen LogP contribution in [0.25, 0.3) is 10.1 Å². The molecule has 2 N–H and O–H groups in total. The van der Waals surface area contributed by atoms with Gasteiger partial charge in [0, 0.05) is 34.3 Å². The highest BCUT2D eigenvalue weighted by Gasteiger charge is 2.10. The van der Waals surface area contributed by atoms with E-state index in [0.29, 0.717) is 39.9 Å². The largest absolute Gasteiger partial charge is 0.490 e. The van der Waals surface area contributed by atoms with Crippen molar-refractivity contribution in [2.24, 2.45) is 20.5 Å². The maximum absolute atomic E-state index is 14.5. The molecule has 1 heterocycles. The van der Waals surface area contributed by atoms with Crippen molar-refractivity contribution < 1.29 is 32.9 Å². The number of carbonyl (C=O) groups is 2. The first-order valence-corrected chi connectivity index (χ1v) is 16.4. The number of ether oxygens (including phenoxy) is 4. The maximum atomic E-state index is 14.5. The Hall–Kier alpha value is -6.41. The third kappa shape index (κ3) is 11.3. The zero-order chi connectivity index (χ0) is 35.8. The van der Waals surface area contributed by atoms with Crippen LogP contribution in [0.2, 0.25) is 0 Å². The normalized spacial score (nSPS) is 11.0. The molecule has 1 aromatic heterocycles. The molecule has 0 aliphatic carbocycles. The summed E-state index contributed by atoms with van der Waals surface area (Å²) in [7, 11) is 0. The number of anilines is 2. The summed E-state index contributed by atoms with van der Waals surface area (Å²) < 4.78 is 35.9. The molecule has 0 amide bonds. The number of hydrogen-bond acceptors (Lipinski definition) is 13. The molecule has 0 saturated carbocycles.